The number of hydrogen-bond donors (Lipinski definition) is 2. The molecule has 4 heteroatoms. The zero-order chi connectivity index (χ0) is 17.3. The highest BCUT2D eigenvalue weighted by Gasteiger charge is 2.54. The van der Waals surface area contributed by atoms with Gasteiger partial charge in [-0.15, -0.1) is 0 Å². The summed E-state index contributed by atoms with van der Waals surface area (Å²) >= 11 is 4.35. The molecule has 6 atom stereocenters. The van der Waals surface area contributed by atoms with Crippen molar-refractivity contribution in [1.29, 1.82) is 0 Å². The molecule has 130 valence electrons. The fraction of sp³-hybridized carbons (Fsp3) is 0.550. The van der Waals surface area contributed by atoms with Gasteiger partial charge in [0.05, 0.1) is 0 Å². The summed E-state index contributed by atoms with van der Waals surface area (Å²) in [4.78, 5) is 13.0. The van der Waals surface area contributed by atoms with Crippen molar-refractivity contribution >= 4 is 18.8 Å². The Hall–Kier alpha value is -1.26. The van der Waals surface area contributed by atoms with Crippen molar-refractivity contribution in [2.24, 2.45) is 29.6 Å². The summed E-state index contributed by atoms with van der Waals surface area (Å²) < 4.78 is 8.74. The van der Waals surface area contributed by atoms with E-state index in [1.54, 1.807) is 0 Å². The topological polar surface area (TPSA) is 38.3 Å². The van der Waals surface area contributed by atoms with E-state index in [0.29, 0.717) is 29.4 Å². The molecule has 24 heavy (non-hydrogen) atoms. The van der Waals surface area contributed by atoms with Gasteiger partial charge in [-0.3, -0.25) is 0 Å². The highest BCUT2D eigenvalue weighted by Crippen LogP contribution is 2.50. The van der Waals surface area contributed by atoms with Crippen molar-refractivity contribution in [1.82, 2.24) is 4.72 Å². The minimum Gasteiger partial charge on any atom is -0.425 e. The third kappa shape index (κ3) is 2.91. The number of carbonyl (C=O) groups excluding carboxylic acids is 1. The minimum absolute atomic E-state index is 0.160. The standard InChI is InChI=1S/C20H27NO2S/c1-13-9-10-14(2)18-15(3)20(21-24,12-11-17(13)18)19(22)23-16-7-5-4-6-8-16/h4-10,13-15,17-18,21,24H,11-12H2,1-3H3. The number of esters is 1. The van der Waals surface area contributed by atoms with Crippen LogP contribution in [0.5, 0.6) is 5.75 Å². The van der Waals surface area contributed by atoms with E-state index in [-0.39, 0.29) is 11.9 Å². The second-order valence-electron chi connectivity index (χ2n) is 7.46. The number of carbonyl (C=O) groups is 1. The van der Waals surface area contributed by atoms with E-state index >= 15 is 0 Å². The lowest BCUT2D eigenvalue weighted by molar-refractivity contribution is -0.148. The number of para-hydroxylation sites is 1. The van der Waals surface area contributed by atoms with Gasteiger partial charge in [0.1, 0.15) is 11.3 Å². The molecule has 1 aromatic rings. The van der Waals surface area contributed by atoms with Crippen molar-refractivity contribution < 1.29 is 9.53 Å². The Labute approximate surface area is 150 Å². The third-order valence-corrected chi connectivity index (χ3v) is 6.64. The van der Waals surface area contributed by atoms with Crippen LogP contribution in [0, 0.1) is 29.6 Å². The van der Waals surface area contributed by atoms with Crippen LogP contribution in [0.1, 0.15) is 33.6 Å². The maximum absolute atomic E-state index is 13.0. The Morgan fingerprint density at radius 1 is 1.17 bits per heavy atom. The van der Waals surface area contributed by atoms with Crippen LogP contribution in [-0.4, -0.2) is 11.5 Å². The van der Waals surface area contributed by atoms with Gasteiger partial charge >= 0.3 is 5.97 Å². The van der Waals surface area contributed by atoms with E-state index in [4.69, 9.17) is 4.74 Å². The minimum atomic E-state index is -0.737. The van der Waals surface area contributed by atoms with Gasteiger partial charge in [-0.25, -0.2) is 9.52 Å². The summed E-state index contributed by atoms with van der Waals surface area (Å²) in [5.74, 6) is 2.64. The monoisotopic (exact) mass is 345 g/mol. The molecule has 1 fully saturated rings. The summed E-state index contributed by atoms with van der Waals surface area (Å²) in [5, 5.41) is 0. The molecule has 0 aliphatic heterocycles. The zero-order valence-corrected chi connectivity index (χ0v) is 15.5. The van der Waals surface area contributed by atoms with Gasteiger partial charge in [0, 0.05) is 0 Å². The number of thiol groups is 1. The van der Waals surface area contributed by atoms with Crippen molar-refractivity contribution in [2.75, 3.05) is 0 Å². The Balaban J connectivity index is 1.87. The van der Waals surface area contributed by atoms with Crippen molar-refractivity contribution in [2.45, 2.75) is 39.2 Å². The molecule has 0 saturated heterocycles. The Bertz CT molecular complexity index is 617. The predicted octanol–water partition coefficient (Wildman–Crippen LogP) is 4.27. The van der Waals surface area contributed by atoms with Crippen LogP contribution in [0.25, 0.3) is 0 Å². The van der Waals surface area contributed by atoms with Crippen LogP contribution in [-0.2, 0) is 4.79 Å². The van der Waals surface area contributed by atoms with Crippen LogP contribution in [0.3, 0.4) is 0 Å². The van der Waals surface area contributed by atoms with E-state index in [9.17, 15) is 4.79 Å². The number of benzene rings is 1. The van der Waals surface area contributed by atoms with E-state index in [0.717, 1.165) is 12.8 Å². The molecule has 0 heterocycles. The summed E-state index contributed by atoms with van der Waals surface area (Å²) in [7, 11) is 0. The first-order valence-electron chi connectivity index (χ1n) is 8.86. The SMILES string of the molecule is CC1C=CC(C)C2C1CCC(NS)(C(=O)Oc1ccccc1)C2C. The maximum Gasteiger partial charge on any atom is 0.332 e. The molecule has 2 aliphatic carbocycles. The lowest BCUT2D eigenvalue weighted by Crippen LogP contribution is -2.62. The number of rotatable bonds is 3. The quantitative estimate of drug-likeness (QED) is 0.372. The van der Waals surface area contributed by atoms with Gasteiger partial charge in [0.2, 0.25) is 0 Å². The van der Waals surface area contributed by atoms with E-state index in [2.05, 4.69) is 50.5 Å². The fourth-order valence-corrected chi connectivity index (χ4v) is 5.18. The smallest absolute Gasteiger partial charge is 0.332 e. The first-order valence-corrected chi connectivity index (χ1v) is 9.31. The molecule has 1 aromatic carbocycles. The highest BCUT2D eigenvalue weighted by molar-refractivity contribution is 7.78. The van der Waals surface area contributed by atoms with Gasteiger partial charge in [-0.1, -0.05) is 63.9 Å². The van der Waals surface area contributed by atoms with Gasteiger partial charge < -0.3 is 4.74 Å². The molecule has 1 saturated carbocycles. The number of allylic oxidation sites excluding steroid dienone is 2. The molecule has 0 radical (unpaired) electrons. The first kappa shape index (κ1) is 17.6. The van der Waals surface area contributed by atoms with Crippen molar-refractivity contribution in [3.05, 3.63) is 42.5 Å². The molecule has 6 unspecified atom stereocenters. The number of fused-ring (bicyclic) bond motifs is 1. The van der Waals surface area contributed by atoms with E-state index in [1.165, 1.54) is 0 Å². The summed E-state index contributed by atoms with van der Waals surface area (Å²) in [6.45, 7) is 6.72. The predicted molar refractivity (Wildman–Crippen MR) is 99.8 cm³/mol. The van der Waals surface area contributed by atoms with Crippen LogP contribution in [0.2, 0.25) is 0 Å². The number of nitrogens with one attached hydrogen (secondary N) is 1. The number of hydrogen-bond acceptors (Lipinski definition) is 4. The van der Waals surface area contributed by atoms with Crippen LogP contribution >= 0.6 is 12.8 Å². The Kier molecular flexibility index (Phi) is 5.07. The van der Waals surface area contributed by atoms with Crippen LogP contribution < -0.4 is 9.46 Å². The molecule has 0 spiro atoms. The highest BCUT2D eigenvalue weighted by atomic mass is 32.1. The molecule has 3 rings (SSSR count). The molecule has 2 aliphatic rings. The average Bonchev–Trinajstić information content (AvgIpc) is 2.59. The maximum atomic E-state index is 13.0. The number of ether oxygens (including phenoxy) is 1. The summed E-state index contributed by atoms with van der Waals surface area (Å²) in [6.07, 6.45) is 6.42. The second-order valence-corrected chi connectivity index (χ2v) is 7.68. The normalized spacial score (nSPS) is 38.4. The first-order chi connectivity index (χ1) is 11.5. The largest absolute Gasteiger partial charge is 0.425 e. The van der Waals surface area contributed by atoms with Gasteiger partial charge in [-0.2, -0.15) is 0 Å². The lowest BCUT2D eigenvalue weighted by Gasteiger charge is -2.52. The molecular formula is C20H27NO2S. The lowest BCUT2D eigenvalue weighted by atomic mass is 9.55. The van der Waals surface area contributed by atoms with Gasteiger partial charge in [0.25, 0.3) is 0 Å². The molecule has 1 N–H and O–H groups in total. The summed E-state index contributed by atoms with van der Waals surface area (Å²) in [5.41, 5.74) is -0.737. The van der Waals surface area contributed by atoms with Crippen molar-refractivity contribution in [3.8, 4) is 5.75 Å². The average molecular weight is 346 g/mol. The zero-order valence-electron chi connectivity index (χ0n) is 14.6. The van der Waals surface area contributed by atoms with Crippen LogP contribution in [0.15, 0.2) is 42.5 Å². The molecule has 0 aromatic heterocycles. The summed E-state index contributed by atoms with van der Waals surface area (Å²) in [6, 6.07) is 9.29. The van der Waals surface area contributed by atoms with E-state index < -0.39 is 5.54 Å². The third-order valence-electron chi connectivity index (χ3n) is 6.24. The molecule has 3 nitrogen and oxygen atoms in total. The molecular weight excluding hydrogens is 318 g/mol. The van der Waals surface area contributed by atoms with Gasteiger partial charge in [0.15, 0.2) is 0 Å². The Morgan fingerprint density at radius 3 is 2.50 bits per heavy atom. The molecule has 0 bridgehead atoms. The second kappa shape index (κ2) is 6.93. The van der Waals surface area contributed by atoms with Gasteiger partial charge in [-0.05, 0) is 54.6 Å². The Morgan fingerprint density at radius 2 is 1.83 bits per heavy atom. The van der Waals surface area contributed by atoms with Crippen molar-refractivity contribution in [3.63, 3.8) is 0 Å². The van der Waals surface area contributed by atoms with E-state index in [1.807, 2.05) is 30.3 Å². The fourth-order valence-electron chi connectivity index (χ4n) is 4.77. The molecule has 0 amide bonds. The van der Waals surface area contributed by atoms with Crippen LogP contribution in [0.4, 0.5) is 0 Å².